The Hall–Kier alpha value is -2.15. The first-order valence-corrected chi connectivity index (χ1v) is 8.93. The second-order valence-electron chi connectivity index (χ2n) is 5.13. The monoisotopic (exact) mass is 393 g/mol. The van der Waals surface area contributed by atoms with Gasteiger partial charge in [-0.05, 0) is 31.2 Å². The lowest BCUT2D eigenvalue weighted by atomic mass is 10.2. The fourth-order valence-electron chi connectivity index (χ4n) is 2.12. The molecule has 128 valence electrons. The molecule has 0 spiro atoms. The van der Waals surface area contributed by atoms with Crippen LogP contribution in [0.1, 0.15) is 16.5 Å². The summed E-state index contributed by atoms with van der Waals surface area (Å²) in [5.41, 5.74) is 3.87. The van der Waals surface area contributed by atoms with Crippen molar-refractivity contribution in [2.75, 3.05) is 0 Å². The number of nitrogens with zero attached hydrogens (tertiary/aromatic N) is 2. The van der Waals surface area contributed by atoms with Crippen molar-refractivity contribution in [1.29, 1.82) is 0 Å². The lowest BCUT2D eigenvalue weighted by molar-refractivity contribution is -0.120. The normalized spacial score (nSPS) is 11.2. The van der Waals surface area contributed by atoms with Crippen LogP contribution in [0.5, 0.6) is 0 Å². The molecule has 0 aliphatic heterocycles. The summed E-state index contributed by atoms with van der Waals surface area (Å²) in [5.74, 6) is 0.806. The highest BCUT2D eigenvalue weighted by atomic mass is 35.5. The van der Waals surface area contributed by atoms with Crippen molar-refractivity contribution < 1.29 is 9.21 Å². The molecule has 0 fully saturated rings. The van der Waals surface area contributed by atoms with Gasteiger partial charge in [0.15, 0.2) is 0 Å². The molecular formula is C17H13Cl2N3O2S. The molecule has 0 radical (unpaired) electrons. The van der Waals surface area contributed by atoms with Gasteiger partial charge in [-0.15, -0.1) is 11.3 Å². The number of aromatic nitrogens is 1. The van der Waals surface area contributed by atoms with Gasteiger partial charge in [-0.25, -0.2) is 10.4 Å². The molecule has 2 heterocycles. The number of halogens is 2. The van der Waals surface area contributed by atoms with Gasteiger partial charge >= 0.3 is 0 Å². The van der Waals surface area contributed by atoms with Crippen molar-refractivity contribution in [3.8, 4) is 11.3 Å². The number of hydrogen-bond acceptors (Lipinski definition) is 5. The molecule has 2 aromatic heterocycles. The van der Waals surface area contributed by atoms with Gasteiger partial charge in [0.2, 0.25) is 5.91 Å². The van der Waals surface area contributed by atoms with E-state index in [0.29, 0.717) is 27.1 Å². The summed E-state index contributed by atoms with van der Waals surface area (Å²) in [4.78, 5) is 16.0. The van der Waals surface area contributed by atoms with E-state index in [1.54, 1.807) is 24.3 Å². The van der Waals surface area contributed by atoms with Crippen LogP contribution < -0.4 is 5.43 Å². The van der Waals surface area contributed by atoms with Crippen LogP contribution in [0.4, 0.5) is 0 Å². The van der Waals surface area contributed by atoms with E-state index in [-0.39, 0.29) is 12.3 Å². The Labute approximate surface area is 158 Å². The maximum absolute atomic E-state index is 11.8. The van der Waals surface area contributed by atoms with Crippen molar-refractivity contribution in [2.24, 2.45) is 5.10 Å². The highest BCUT2D eigenvalue weighted by Crippen LogP contribution is 2.34. The van der Waals surface area contributed by atoms with Crippen molar-refractivity contribution in [1.82, 2.24) is 10.4 Å². The summed E-state index contributed by atoms with van der Waals surface area (Å²) in [5, 5.41) is 7.55. The standard InChI is InChI=1S/C17H13Cl2N3O2S/c1-10-21-11(9-25-10)7-16(23)22-20-8-12-5-6-15(24-12)13-3-2-4-14(18)17(13)19/h2-6,8-9H,7H2,1H3,(H,22,23)/b20-8-. The van der Waals surface area contributed by atoms with Gasteiger partial charge < -0.3 is 4.42 Å². The number of nitrogens with one attached hydrogen (secondary N) is 1. The first kappa shape index (κ1) is 17.7. The summed E-state index contributed by atoms with van der Waals surface area (Å²) in [6, 6.07) is 8.80. The molecule has 0 aliphatic rings. The maximum atomic E-state index is 11.8. The predicted molar refractivity (Wildman–Crippen MR) is 100 cm³/mol. The number of benzene rings is 1. The zero-order valence-corrected chi connectivity index (χ0v) is 15.5. The van der Waals surface area contributed by atoms with Gasteiger partial charge in [0.05, 0.1) is 33.4 Å². The third-order valence-electron chi connectivity index (χ3n) is 3.23. The third kappa shape index (κ3) is 4.48. The fraction of sp³-hybridized carbons (Fsp3) is 0.118. The minimum absolute atomic E-state index is 0.184. The van der Waals surface area contributed by atoms with E-state index in [2.05, 4.69) is 15.5 Å². The molecule has 0 saturated heterocycles. The summed E-state index contributed by atoms with van der Waals surface area (Å²) in [6.07, 6.45) is 1.61. The van der Waals surface area contributed by atoms with Crippen LogP contribution in [0.15, 0.2) is 45.2 Å². The second-order valence-corrected chi connectivity index (χ2v) is 6.98. The molecule has 0 bridgehead atoms. The van der Waals surface area contributed by atoms with Gasteiger partial charge in [0.25, 0.3) is 0 Å². The number of thiazole rings is 1. The number of rotatable bonds is 5. The summed E-state index contributed by atoms with van der Waals surface area (Å²) < 4.78 is 5.65. The van der Waals surface area contributed by atoms with E-state index >= 15 is 0 Å². The number of hydrazone groups is 1. The molecule has 0 saturated carbocycles. The first-order chi connectivity index (χ1) is 12.0. The molecule has 25 heavy (non-hydrogen) atoms. The topological polar surface area (TPSA) is 67.5 Å². The number of carbonyl (C=O) groups excluding carboxylic acids is 1. The Kier molecular flexibility index (Phi) is 5.53. The summed E-state index contributed by atoms with van der Waals surface area (Å²) >= 11 is 13.7. The average Bonchev–Trinajstić information content (AvgIpc) is 3.19. The Morgan fingerprint density at radius 3 is 2.96 bits per heavy atom. The predicted octanol–water partition coefficient (Wildman–Crippen LogP) is 4.71. The zero-order chi connectivity index (χ0) is 17.8. The van der Waals surface area contributed by atoms with Crippen molar-refractivity contribution in [3.05, 3.63) is 62.2 Å². The molecule has 3 aromatic rings. The van der Waals surface area contributed by atoms with Gasteiger partial charge in [-0.3, -0.25) is 4.79 Å². The number of amides is 1. The molecule has 0 atom stereocenters. The van der Waals surface area contributed by atoms with Crippen LogP contribution in [0.25, 0.3) is 11.3 Å². The summed E-state index contributed by atoms with van der Waals surface area (Å²) in [6.45, 7) is 1.89. The average molecular weight is 394 g/mol. The number of aryl methyl sites for hydroxylation is 1. The third-order valence-corrected chi connectivity index (χ3v) is 4.87. The fourth-order valence-corrected chi connectivity index (χ4v) is 3.13. The van der Waals surface area contributed by atoms with E-state index in [4.69, 9.17) is 27.6 Å². The second kappa shape index (κ2) is 7.82. The van der Waals surface area contributed by atoms with Crippen LogP contribution in [-0.2, 0) is 11.2 Å². The van der Waals surface area contributed by atoms with E-state index in [1.807, 2.05) is 18.4 Å². The van der Waals surface area contributed by atoms with Gasteiger partial charge in [0, 0.05) is 10.9 Å². The molecule has 0 unspecified atom stereocenters. The Bertz CT molecular complexity index is 934. The minimum Gasteiger partial charge on any atom is -0.455 e. The van der Waals surface area contributed by atoms with E-state index in [0.717, 1.165) is 10.7 Å². The number of carbonyl (C=O) groups is 1. The smallest absolute Gasteiger partial charge is 0.246 e. The Morgan fingerprint density at radius 2 is 2.20 bits per heavy atom. The van der Waals surface area contributed by atoms with Crippen LogP contribution in [0.3, 0.4) is 0 Å². The first-order valence-electron chi connectivity index (χ1n) is 7.30. The van der Waals surface area contributed by atoms with Crippen LogP contribution in [0.2, 0.25) is 10.0 Å². The minimum atomic E-state index is -0.244. The molecular weight excluding hydrogens is 381 g/mol. The van der Waals surface area contributed by atoms with Crippen molar-refractivity contribution >= 4 is 46.7 Å². The molecule has 8 heteroatoms. The van der Waals surface area contributed by atoms with E-state index in [9.17, 15) is 4.79 Å². The maximum Gasteiger partial charge on any atom is 0.246 e. The number of hydrogen-bond donors (Lipinski definition) is 1. The molecule has 0 aliphatic carbocycles. The Balaban J connectivity index is 1.62. The highest BCUT2D eigenvalue weighted by Gasteiger charge is 2.10. The van der Waals surface area contributed by atoms with Crippen LogP contribution in [0, 0.1) is 6.92 Å². The van der Waals surface area contributed by atoms with Gasteiger partial charge in [0.1, 0.15) is 11.5 Å². The largest absolute Gasteiger partial charge is 0.455 e. The lowest BCUT2D eigenvalue weighted by Gasteiger charge is -2.01. The quantitative estimate of drug-likeness (QED) is 0.503. The van der Waals surface area contributed by atoms with Crippen LogP contribution in [-0.4, -0.2) is 17.1 Å². The SMILES string of the molecule is Cc1nc(CC(=O)N/N=C\c2ccc(-c3cccc(Cl)c3Cl)o2)cs1. The van der Waals surface area contributed by atoms with E-state index < -0.39 is 0 Å². The summed E-state index contributed by atoms with van der Waals surface area (Å²) in [7, 11) is 0. The molecule has 1 aromatic carbocycles. The molecule has 3 rings (SSSR count). The van der Waals surface area contributed by atoms with Gasteiger partial charge in [-0.1, -0.05) is 29.3 Å². The van der Waals surface area contributed by atoms with E-state index in [1.165, 1.54) is 17.6 Å². The molecule has 5 nitrogen and oxygen atoms in total. The highest BCUT2D eigenvalue weighted by molar-refractivity contribution is 7.09. The zero-order valence-electron chi connectivity index (χ0n) is 13.1. The van der Waals surface area contributed by atoms with Gasteiger partial charge in [-0.2, -0.15) is 5.10 Å². The molecule has 1 N–H and O–H groups in total. The lowest BCUT2D eigenvalue weighted by Crippen LogP contribution is -2.19. The Morgan fingerprint density at radius 1 is 1.36 bits per heavy atom. The van der Waals surface area contributed by atoms with Crippen LogP contribution >= 0.6 is 34.5 Å². The molecule has 1 amide bonds. The van der Waals surface area contributed by atoms with Crippen molar-refractivity contribution in [2.45, 2.75) is 13.3 Å². The van der Waals surface area contributed by atoms with Crippen molar-refractivity contribution in [3.63, 3.8) is 0 Å². The number of furan rings is 1.